The summed E-state index contributed by atoms with van der Waals surface area (Å²) >= 11 is 6.04. The van der Waals surface area contributed by atoms with Crippen LogP contribution in [0.3, 0.4) is 0 Å². The number of nitrogens with zero attached hydrogens (tertiary/aromatic N) is 1. The maximum absolute atomic E-state index is 11.6. The fraction of sp³-hybridized carbons (Fsp3) is 0.417. The van der Waals surface area contributed by atoms with Gasteiger partial charge in [0.2, 0.25) is 5.91 Å². The highest BCUT2D eigenvalue weighted by atomic mass is 35.5. The molecular weight excluding hydrogens is 242 g/mol. The van der Waals surface area contributed by atoms with Gasteiger partial charge in [0, 0.05) is 18.1 Å². The highest BCUT2D eigenvalue weighted by Crippen LogP contribution is 2.18. The van der Waals surface area contributed by atoms with Crippen molar-refractivity contribution in [3.8, 4) is 0 Å². The maximum atomic E-state index is 11.6. The molecule has 17 heavy (non-hydrogen) atoms. The lowest BCUT2D eigenvalue weighted by atomic mass is 10.2. The van der Waals surface area contributed by atoms with E-state index in [0.29, 0.717) is 18.1 Å². The van der Waals surface area contributed by atoms with Crippen molar-refractivity contribution >= 4 is 17.5 Å². The van der Waals surface area contributed by atoms with E-state index in [1.807, 2.05) is 18.2 Å². The molecule has 0 aromatic heterocycles. The monoisotopic (exact) mass is 255 g/mol. The minimum absolute atomic E-state index is 0.0235. The number of rotatable bonds is 3. The number of ether oxygens (including phenoxy) is 1. The number of aliphatic hydroxyl groups excluding tert-OH is 1. The van der Waals surface area contributed by atoms with Crippen LogP contribution in [0, 0.1) is 0 Å². The molecule has 1 amide bonds. The van der Waals surface area contributed by atoms with Crippen LogP contribution in [-0.4, -0.2) is 41.8 Å². The molecule has 92 valence electrons. The Balaban J connectivity index is 2.07. The highest BCUT2D eigenvalue weighted by Gasteiger charge is 2.26. The van der Waals surface area contributed by atoms with Crippen molar-refractivity contribution in [2.75, 3.05) is 19.8 Å². The first-order valence-electron chi connectivity index (χ1n) is 5.44. The van der Waals surface area contributed by atoms with E-state index in [1.165, 1.54) is 0 Å². The van der Waals surface area contributed by atoms with Gasteiger partial charge in [-0.25, -0.2) is 0 Å². The molecule has 1 N–H and O–H groups in total. The van der Waals surface area contributed by atoms with Gasteiger partial charge in [-0.1, -0.05) is 29.8 Å². The summed E-state index contributed by atoms with van der Waals surface area (Å²) in [5.74, 6) is -0.0744. The quantitative estimate of drug-likeness (QED) is 0.879. The summed E-state index contributed by atoms with van der Waals surface area (Å²) in [6, 6.07) is 7.42. The van der Waals surface area contributed by atoms with Crippen LogP contribution in [0.5, 0.6) is 0 Å². The number of carbonyl (C=O) groups excluding carboxylic acids is 1. The van der Waals surface area contributed by atoms with Crippen LogP contribution in [-0.2, 0) is 16.1 Å². The average Bonchev–Trinajstić information content (AvgIpc) is 2.35. The molecule has 1 aliphatic rings. The maximum Gasteiger partial charge on any atom is 0.248 e. The second-order valence-electron chi connectivity index (χ2n) is 3.98. The summed E-state index contributed by atoms with van der Waals surface area (Å²) < 4.78 is 5.16. The SMILES string of the molecule is O=C1COC(CO)CN1Cc1ccccc1Cl. The zero-order valence-electron chi connectivity index (χ0n) is 9.30. The zero-order chi connectivity index (χ0) is 12.3. The lowest BCUT2D eigenvalue weighted by molar-refractivity contribution is -0.151. The fourth-order valence-corrected chi connectivity index (χ4v) is 1.97. The minimum atomic E-state index is -0.296. The van der Waals surface area contributed by atoms with E-state index in [-0.39, 0.29) is 25.2 Å². The van der Waals surface area contributed by atoms with Crippen molar-refractivity contribution in [1.29, 1.82) is 0 Å². The first-order valence-corrected chi connectivity index (χ1v) is 5.82. The van der Waals surface area contributed by atoms with E-state index in [1.54, 1.807) is 11.0 Å². The molecule has 0 spiro atoms. The molecule has 1 aliphatic heterocycles. The molecule has 1 fully saturated rings. The van der Waals surface area contributed by atoms with Crippen LogP contribution in [0.2, 0.25) is 5.02 Å². The van der Waals surface area contributed by atoms with Crippen LogP contribution >= 0.6 is 11.6 Å². The van der Waals surface area contributed by atoms with E-state index in [2.05, 4.69) is 0 Å². The lowest BCUT2D eigenvalue weighted by Crippen LogP contribution is -2.47. The number of hydrogen-bond acceptors (Lipinski definition) is 3. The molecule has 4 nitrogen and oxygen atoms in total. The largest absolute Gasteiger partial charge is 0.394 e. The standard InChI is InChI=1S/C12H14ClNO3/c13-11-4-2-1-3-9(11)5-14-6-10(7-15)17-8-12(14)16/h1-4,10,15H,5-8H2. The Bertz CT molecular complexity index is 410. The molecule has 1 atom stereocenters. The molecule has 0 radical (unpaired) electrons. The molecule has 0 aliphatic carbocycles. The Kier molecular flexibility index (Phi) is 3.99. The Morgan fingerprint density at radius 1 is 1.47 bits per heavy atom. The zero-order valence-corrected chi connectivity index (χ0v) is 10.1. The van der Waals surface area contributed by atoms with Gasteiger partial charge in [-0.3, -0.25) is 4.79 Å². The number of amides is 1. The summed E-state index contributed by atoms with van der Waals surface area (Å²) in [4.78, 5) is 13.3. The molecule has 1 aromatic rings. The Morgan fingerprint density at radius 3 is 2.94 bits per heavy atom. The van der Waals surface area contributed by atoms with Crippen LogP contribution in [0.1, 0.15) is 5.56 Å². The van der Waals surface area contributed by atoms with Crippen molar-refractivity contribution in [2.24, 2.45) is 0 Å². The van der Waals surface area contributed by atoms with Crippen molar-refractivity contribution in [3.63, 3.8) is 0 Å². The van der Waals surface area contributed by atoms with Crippen LogP contribution in [0.25, 0.3) is 0 Å². The summed E-state index contributed by atoms with van der Waals surface area (Å²) in [5, 5.41) is 9.67. The van der Waals surface area contributed by atoms with Crippen molar-refractivity contribution in [2.45, 2.75) is 12.6 Å². The summed E-state index contributed by atoms with van der Waals surface area (Å²) in [7, 11) is 0. The smallest absolute Gasteiger partial charge is 0.248 e. The van der Waals surface area contributed by atoms with Gasteiger partial charge in [0.25, 0.3) is 0 Å². The second kappa shape index (κ2) is 5.49. The van der Waals surface area contributed by atoms with Crippen molar-refractivity contribution in [1.82, 2.24) is 4.90 Å². The van der Waals surface area contributed by atoms with Gasteiger partial charge >= 0.3 is 0 Å². The van der Waals surface area contributed by atoms with Gasteiger partial charge in [-0.05, 0) is 11.6 Å². The van der Waals surface area contributed by atoms with E-state index in [9.17, 15) is 4.79 Å². The third-order valence-corrected chi connectivity index (χ3v) is 3.11. The molecule has 0 bridgehead atoms. The van der Waals surface area contributed by atoms with Crippen LogP contribution in [0.15, 0.2) is 24.3 Å². The predicted octanol–water partition coefficient (Wildman–Crippen LogP) is 1.06. The van der Waals surface area contributed by atoms with Gasteiger partial charge in [-0.15, -0.1) is 0 Å². The van der Waals surface area contributed by atoms with Crippen LogP contribution < -0.4 is 0 Å². The Labute approximate surface area is 105 Å². The predicted molar refractivity (Wildman–Crippen MR) is 63.7 cm³/mol. The molecule has 1 saturated heterocycles. The van der Waals surface area contributed by atoms with Gasteiger partial charge in [-0.2, -0.15) is 0 Å². The second-order valence-corrected chi connectivity index (χ2v) is 4.39. The summed E-state index contributed by atoms with van der Waals surface area (Å²) in [6.07, 6.45) is -0.296. The molecule has 1 aromatic carbocycles. The fourth-order valence-electron chi connectivity index (χ4n) is 1.78. The van der Waals surface area contributed by atoms with Crippen molar-refractivity contribution < 1.29 is 14.6 Å². The summed E-state index contributed by atoms with van der Waals surface area (Å²) in [5.41, 5.74) is 0.904. The highest BCUT2D eigenvalue weighted by molar-refractivity contribution is 6.31. The number of morpholine rings is 1. The number of benzene rings is 1. The van der Waals surface area contributed by atoms with Gasteiger partial charge in [0.1, 0.15) is 6.61 Å². The number of carbonyl (C=O) groups is 1. The van der Waals surface area contributed by atoms with Crippen LogP contribution in [0.4, 0.5) is 0 Å². The third-order valence-electron chi connectivity index (χ3n) is 2.74. The number of hydrogen-bond donors (Lipinski definition) is 1. The van der Waals surface area contributed by atoms with E-state index < -0.39 is 0 Å². The topological polar surface area (TPSA) is 49.8 Å². The Hall–Kier alpha value is -1.10. The van der Waals surface area contributed by atoms with E-state index >= 15 is 0 Å². The van der Waals surface area contributed by atoms with Crippen molar-refractivity contribution in [3.05, 3.63) is 34.9 Å². The van der Waals surface area contributed by atoms with Gasteiger partial charge in [0.05, 0.1) is 12.7 Å². The Morgan fingerprint density at radius 2 is 2.24 bits per heavy atom. The average molecular weight is 256 g/mol. The number of aliphatic hydroxyl groups is 1. The molecule has 1 heterocycles. The summed E-state index contributed by atoms with van der Waals surface area (Å²) in [6.45, 7) is 0.806. The van der Waals surface area contributed by atoms with E-state index in [0.717, 1.165) is 5.56 Å². The third kappa shape index (κ3) is 2.97. The molecule has 1 unspecified atom stereocenters. The van der Waals surface area contributed by atoms with E-state index in [4.69, 9.17) is 21.4 Å². The molecule has 5 heteroatoms. The van der Waals surface area contributed by atoms with Gasteiger partial charge < -0.3 is 14.7 Å². The first-order chi connectivity index (χ1) is 8.20. The lowest BCUT2D eigenvalue weighted by Gasteiger charge is -2.32. The minimum Gasteiger partial charge on any atom is -0.394 e. The van der Waals surface area contributed by atoms with Gasteiger partial charge in [0.15, 0.2) is 0 Å². The normalized spacial score (nSPS) is 20.7. The molecule has 2 rings (SSSR count). The molecule has 0 saturated carbocycles. The first kappa shape index (κ1) is 12.4. The molecular formula is C12H14ClNO3. The number of halogens is 1.